The molecule has 0 unspecified atom stereocenters. The Morgan fingerprint density at radius 3 is 2.52 bits per heavy atom. The van der Waals surface area contributed by atoms with Gasteiger partial charge in [0.05, 0.1) is 11.0 Å². The maximum Gasteiger partial charge on any atom is 0.269 e. The molecular weight excluding hydrogens is 344 g/mol. The Labute approximate surface area is 139 Å². The number of nitro groups is 1. The molecule has 9 heteroatoms. The maximum absolute atomic E-state index is 13.4. The van der Waals surface area contributed by atoms with E-state index in [4.69, 9.17) is 11.6 Å². The zero-order chi connectivity index (χ0) is 13.8. The number of hydrogen-bond acceptors (Lipinski definition) is 4. The first kappa shape index (κ1) is 20.3. The second-order valence-corrected chi connectivity index (χ2v) is 4.83. The third-order valence-electron chi connectivity index (χ3n) is 3.29. The molecule has 1 atom stereocenters. The van der Waals surface area contributed by atoms with Crippen molar-refractivity contribution in [3.63, 3.8) is 0 Å². The standard InChI is InChI=1S/C12H15ClFN3O2.2ClH/c13-11-2-1-9(17(18)19)7-10(11)12(8-14)16-5-3-15-4-6-16;;/h1-2,7,12,15H,3-6,8H2;2*1H/t12-;;/m0../s1. The van der Waals surface area contributed by atoms with E-state index < -0.39 is 17.6 Å². The van der Waals surface area contributed by atoms with Gasteiger partial charge in [0.2, 0.25) is 0 Å². The quantitative estimate of drug-likeness (QED) is 0.662. The van der Waals surface area contributed by atoms with Gasteiger partial charge in [-0.05, 0) is 11.6 Å². The van der Waals surface area contributed by atoms with Crippen LogP contribution in [0.1, 0.15) is 11.6 Å². The molecule has 21 heavy (non-hydrogen) atoms. The SMILES string of the molecule is Cl.Cl.O=[N+]([O-])c1ccc(Cl)c([C@H](CF)N2CCNCC2)c1. The molecule has 0 bridgehead atoms. The van der Waals surface area contributed by atoms with E-state index in [0.29, 0.717) is 23.7 Å². The third kappa shape index (κ3) is 4.93. The summed E-state index contributed by atoms with van der Waals surface area (Å²) in [7, 11) is 0. The summed E-state index contributed by atoms with van der Waals surface area (Å²) in [6.07, 6.45) is 0. The van der Waals surface area contributed by atoms with Crippen molar-refractivity contribution in [1.82, 2.24) is 10.2 Å². The number of nitrogens with zero attached hydrogens (tertiary/aromatic N) is 2. The molecule has 1 N–H and O–H groups in total. The van der Waals surface area contributed by atoms with Gasteiger partial charge in [0, 0.05) is 43.3 Å². The number of nitro benzene ring substituents is 1. The number of piperazine rings is 1. The van der Waals surface area contributed by atoms with Crippen LogP contribution in [0.4, 0.5) is 10.1 Å². The Kier molecular flexibility index (Phi) is 9.08. The van der Waals surface area contributed by atoms with Gasteiger partial charge in [0.25, 0.3) is 5.69 Å². The molecule has 0 aromatic heterocycles. The van der Waals surface area contributed by atoms with Crippen LogP contribution < -0.4 is 5.32 Å². The van der Waals surface area contributed by atoms with Crippen LogP contribution in [0.25, 0.3) is 0 Å². The maximum atomic E-state index is 13.4. The van der Waals surface area contributed by atoms with Gasteiger partial charge in [0.1, 0.15) is 6.67 Å². The first-order chi connectivity index (χ1) is 9.13. The van der Waals surface area contributed by atoms with E-state index >= 15 is 0 Å². The van der Waals surface area contributed by atoms with E-state index in [1.165, 1.54) is 18.2 Å². The normalized spacial score (nSPS) is 16.5. The van der Waals surface area contributed by atoms with Gasteiger partial charge in [-0.25, -0.2) is 4.39 Å². The van der Waals surface area contributed by atoms with E-state index in [-0.39, 0.29) is 30.5 Å². The fourth-order valence-corrected chi connectivity index (χ4v) is 2.51. The second kappa shape index (κ2) is 9.38. The molecule has 0 amide bonds. The van der Waals surface area contributed by atoms with Gasteiger partial charge in [-0.2, -0.15) is 0 Å². The van der Waals surface area contributed by atoms with Crippen molar-refractivity contribution in [2.24, 2.45) is 0 Å². The highest BCUT2D eigenvalue weighted by atomic mass is 35.5. The molecule has 0 aliphatic carbocycles. The number of hydrogen-bond donors (Lipinski definition) is 1. The topological polar surface area (TPSA) is 58.4 Å². The lowest BCUT2D eigenvalue weighted by atomic mass is 10.0. The number of non-ortho nitro benzene ring substituents is 1. The van der Waals surface area contributed by atoms with Crippen LogP contribution in [0.15, 0.2) is 18.2 Å². The van der Waals surface area contributed by atoms with Crippen LogP contribution in [-0.4, -0.2) is 42.7 Å². The summed E-state index contributed by atoms with van der Waals surface area (Å²) in [5, 5.41) is 14.3. The van der Waals surface area contributed by atoms with Crippen LogP contribution in [-0.2, 0) is 0 Å². The number of nitrogens with one attached hydrogen (secondary N) is 1. The van der Waals surface area contributed by atoms with Crippen LogP contribution in [0.2, 0.25) is 5.02 Å². The van der Waals surface area contributed by atoms with E-state index in [2.05, 4.69) is 5.32 Å². The summed E-state index contributed by atoms with van der Waals surface area (Å²) in [6, 6.07) is 3.64. The fourth-order valence-electron chi connectivity index (χ4n) is 2.27. The molecule has 5 nitrogen and oxygen atoms in total. The summed E-state index contributed by atoms with van der Waals surface area (Å²) >= 11 is 6.06. The van der Waals surface area contributed by atoms with Gasteiger partial charge in [0.15, 0.2) is 0 Å². The third-order valence-corrected chi connectivity index (χ3v) is 3.63. The van der Waals surface area contributed by atoms with Gasteiger partial charge in [-0.3, -0.25) is 15.0 Å². The lowest BCUT2D eigenvalue weighted by molar-refractivity contribution is -0.385. The molecular formula is C12H17Cl3FN3O2. The van der Waals surface area contributed by atoms with E-state index in [9.17, 15) is 14.5 Å². The van der Waals surface area contributed by atoms with Crippen LogP contribution in [0.3, 0.4) is 0 Å². The first-order valence-corrected chi connectivity index (χ1v) is 6.46. The molecule has 1 saturated heterocycles. The van der Waals surface area contributed by atoms with Gasteiger partial charge < -0.3 is 5.32 Å². The van der Waals surface area contributed by atoms with Crippen LogP contribution in [0.5, 0.6) is 0 Å². The predicted molar refractivity (Wildman–Crippen MR) is 85.8 cm³/mol. The van der Waals surface area contributed by atoms with Crippen molar-refractivity contribution >= 4 is 42.1 Å². The molecule has 1 aromatic carbocycles. The highest BCUT2D eigenvalue weighted by Gasteiger charge is 2.25. The number of alkyl halides is 1. The van der Waals surface area contributed by atoms with Crippen molar-refractivity contribution in [1.29, 1.82) is 0 Å². The molecule has 1 heterocycles. The van der Waals surface area contributed by atoms with Crippen molar-refractivity contribution < 1.29 is 9.31 Å². The zero-order valence-corrected chi connectivity index (χ0v) is 13.5. The van der Waals surface area contributed by atoms with E-state index in [1.54, 1.807) is 0 Å². The molecule has 120 valence electrons. The Morgan fingerprint density at radius 2 is 2.00 bits per heavy atom. The highest BCUT2D eigenvalue weighted by Crippen LogP contribution is 2.31. The van der Waals surface area contributed by atoms with Crippen molar-refractivity contribution in [3.05, 3.63) is 38.9 Å². The summed E-state index contributed by atoms with van der Waals surface area (Å²) in [6.45, 7) is 2.36. The minimum absolute atomic E-state index is 0. The Hall–Kier alpha value is -0.660. The lowest BCUT2D eigenvalue weighted by Gasteiger charge is -2.33. The summed E-state index contributed by atoms with van der Waals surface area (Å²) in [5.74, 6) is 0. The predicted octanol–water partition coefficient (Wildman–Crippen LogP) is 3.01. The average molecular weight is 361 g/mol. The Bertz CT molecular complexity index is 473. The lowest BCUT2D eigenvalue weighted by Crippen LogP contribution is -2.45. The average Bonchev–Trinajstić information content (AvgIpc) is 2.42. The smallest absolute Gasteiger partial charge is 0.269 e. The highest BCUT2D eigenvalue weighted by molar-refractivity contribution is 6.31. The number of halogens is 4. The zero-order valence-electron chi connectivity index (χ0n) is 11.1. The monoisotopic (exact) mass is 359 g/mol. The molecule has 0 saturated carbocycles. The summed E-state index contributed by atoms with van der Waals surface area (Å²) in [5.41, 5.74) is 0.424. The summed E-state index contributed by atoms with van der Waals surface area (Å²) < 4.78 is 13.4. The molecule has 0 spiro atoms. The van der Waals surface area contributed by atoms with E-state index in [0.717, 1.165) is 13.1 Å². The van der Waals surface area contributed by atoms with Crippen LogP contribution >= 0.6 is 36.4 Å². The van der Waals surface area contributed by atoms with Crippen LogP contribution in [0, 0.1) is 10.1 Å². The number of benzene rings is 1. The Morgan fingerprint density at radius 1 is 1.38 bits per heavy atom. The van der Waals surface area contributed by atoms with Crippen molar-refractivity contribution in [2.45, 2.75) is 6.04 Å². The molecule has 1 aliphatic rings. The number of rotatable bonds is 4. The van der Waals surface area contributed by atoms with Crippen molar-refractivity contribution in [2.75, 3.05) is 32.9 Å². The first-order valence-electron chi connectivity index (χ1n) is 6.08. The largest absolute Gasteiger partial charge is 0.314 e. The minimum atomic E-state index is -0.610. The molecule has 1 aromatic rings. The van der Waals surface area contributed by atoms with E-state index in [1.807, 2.05) is 4.90 Å². The fraction of sp³-hybridized carbons (Fsp3) is 0.500. The van der Waals surface area contributed by atoms with Gasteiger partial charge >= 0.3 is 0 Å². The molecule has 1 fully saturated rings. The summed E-state index contributed by atoms with van der Waals surface area (Å²) in [4.78, 5) is 12.3. The Balaban J connectivity index is 0.00000200. The van der Waals surface area contributed by atoms with Gasteiger partial charge in [-0.15, -0.1) is 24.8 Å². The molecule has 0 radical (unpaired) electrons. The van der Waals surface area contributed by atoms with Crippen molar-refractivity contribution in [3.8, 4) is 0 Å². The minimum Gasteiger partial charge on any atom is -0.314 e. The molecule has 1 aliphatic heterocycles. The second-order valence-electron chi connectivity index (χ2n) is 4.42. The van der Waals surface area contributed by atoms with Gasteiger partial charge in [-0.1, -0.05) is 11.6 Å². The molecule has 2 rings (SSSR count).